The number of fused-ring (bicyclic) bond motifs is 1. The van der Waals surface area contributed by atoms with Crippen LogP contribution < -0.4 is 10.1 Å². The molecule has 0 amide bonds. The maximum atomic E-state index is 13.8. The van der Waals surface area contributed by atoms with Gasteiger partial charge in [-0.3, -0.25) is 4.79 Å². The largest absolute Gasteiger partial charge is 0.497 e. The van der Waals surface area contributed by atoms with Gasteiger partial charge in [-0.25, -0.2) is 9.59 Å². The Balaban J connectivity index is 1.85. The summed E-state index contributed by atoms with van der Waals surface area (Å²) in [7, 11) is 1.59. The Labute approximate surface area is 214 Å². The molecule has 2 fully saturated rings. The number of Topliss-reactive ketones (excluding diaryl/α,β-unsaturated/α-hetero) is 1. The van der Waals surface area contributed by atoms with Crippen LogP contribution in [0.15, 0.2) is 45.8 Å². The number of thioether (sulfide) groups is 2. The van der Waals surface area contributed by atoms with Crippen LogP contribution in [0, 0.1) is 5.92 Å². The second-order valence-corrected chi connectivity index (χ2v) is 11.1. The SMILES string of the molecule is CCCCOC(=O)C1=CN[C@]2(C(=O)OCC)[C@H]1C(=C1SCCS1)C(=O)C[C@@H]2c1ccc(OC)cc1. The van der Waals surface area contributed by atoms with Gasteiger partial charge < -0.3 is 19.5 Å². The first kappa shape index (κ1) is 25.7. The van der Waals surface area contributed by atoms with Crippen molar-refractivity contribution in [2.24, 2.45) is 5.92 Å². The lowest BCUT2D eigenvalue weighted by Gasteiger charge is -2.45. The Morgan fingerprint density at radius 2 is 1.83 bits per heavy atom. The van der Waals surface area contributed by atoms with Crippen LogP contribution in [0.4, 0.5) is 0 Å². The Morgan fingerprint density at radius 3 is 2.46 bits per heavy atom. The molecule has 1 N–H and O–H groups in total. The van der Waals surface area contributed by atoms with Crippen molar-refractivity contribution in [3.63, 3.8) is 0 Å². The molecule has 2 heterocycles. The van der Waals surface area contributed by atoms with E-state index in [1.807, 2.05) is 31.2 Å². The third-order valence-electron chi connectivity index (χ3n) is 6.63. The Bertz CT molecular complexity index is 1040. The molecule has 188 valence electrons. The fourth-order valence-electron chi connectivity index (χ4n) is 4.96. The molecule has 1 aromatic carbocycles. The third-order valence-corrected chi connectivity index (χ3v) is 9.38. The van der Waals surface area contributed by atoms with Gasteiger partial charge in [0.2, 0.25) is 0 Å². The number of methoxy groups -OCH3 is 1. The molecule has 35 heavy (non-hydrogen) atoms. The zero-order valence-electron chi connectivity index (χ0n) is 20.3. The maximum absolute atomic E-state index is 13.8. The minimum absolute atomic E-state index is 0.0522. The molecule has 3 aliphatic rings. The molecular weight excluding hydrogens is 486 g/mol. The number of unbranched alkanes of at least 4 members (excludes halogenated alkanes) is 1. The third kappa shape index (κ3) is 4.72. The molecule has 4 rings (SSSR count). The van der Waals surface area contributed by atoms with Gasteiger partial charge in [0.05, 0.1) is 31.8 Å². The van der Waals surface area contributed by atoms with Gasteiger partial charge in [0.25, 0.3) is 0 Å². The van der Waals surface area contributed by atoms with E-state index in [9.17, 15) is 14.4 Å². The fraction of sp³-hybridized carbons (Fsp3) is 0.500. The van der Waals surface area contributed by atoms with Crippen LogP contribution in [0.3, 0.4) is 0 Å². The highest BCUT2D eigenvalue weighted by Crippen LogP contribution is 2.55. The lowest BCUT2D eigenvalue weighted by Crippen LogP contribution is -2.61. The summed E-state index contributed by atoms with van der Waals surface area (Å²) < 4.78 is 17.3. The van der Waals surface area contributed by atoms with Gasteiger partial charge in [-0.2, -0.15) is 0 Å². The summed E-state index contributed by atoms with van der Waals surface area (Å²) >= 11 is 3.22. The van der Waals surface area contributed by atoms with E-state index in [2.05, 4.69) is 5.32 Å². The zero-order chi connectivity index (χ0) is 25.0. The number of nitrogens with one attached hydrogen (secondary N) is 1. The first-order valence-electron chi connectivity index (χ1n) is 12.0. The molecule has 0 bridgehead atoms. The molecule has 1 aliphatic carbocycles. The van der Waals surface area contributed by atoms with Crippen molar-refractivity contribution < 1.29 is 28.6 Å². The molecule has 0 spiro atoms. The molecule has 3 atom stereocenters. The van der Waals surface area contributed by atoms with Crippen LogP contribution in [-0.4, -0.2) is 55.1 Å². The van der Waals surface area contributed by atoms with Gasteiger partial charge in [-0.1, -0.05) is 25.5 Å². The maximum Gasteiger partial charge on any atom is 0.336 e. The van der Waals surface area contributed by atoms with Crippen molar-refractivity contribution in [3.05, 3.63) is 51.4 Å². The van der Waals surface area contributed by atoms with E-state index in [0.29, 0.717) is 16.9 Å². The normalized spacial score (nSPS) is 25.6. The predicted molar refractivity (Wildman–Crippen MR) is 137 cm³/mol. The first-order chi connectivity index (χ1) is 17.0. The molecule has 0 aromatic heterocycles. The van der Waals surface area contributed by atoms with E-state index >= 15 is 0 Å². The zero-order valence-corrected chi connectivity index (χ0v) is 21.9. The number of esters is 2. The highest BCUT2D eigenvalue weighted by Gasteiger charge is 2.64. The number of ketones is 1. The van der Waals surface area contributed by atoms with Crippen molar-refractivity contribution in [1.29, 1.82) is 0 Å². The van der Waals surface area contributed by atoms with Crippen LogP contribution >= 0.6 is 23.5 Å². The molecule has 0 radical (unpaired) electrons. The molecule has 1 saturated carbocycles. The number of carbonyl (C=O) groups is 3. The average Bonchev–Trinajstić information content (AvgIpc) is 3.53. The Kier molecular flexibility index (Phi) is 8.16. The van der Waals surface area contributed by atoms with Gasteiger partial charge >= 0.3 is 11.9 Å². The molecule has 2 aliphatic heterocycles. The monoisotopic (exact) mass is 517 g/mol. The topological polar surface area (TPSA) is 90.9 Å². The average molecular weight is 518 g/mol. The lowest BCUT2D eigenvalue weighted by atomic mass is 9.61. The fourth-order valence-corrected chi connectivity index (χ4v) is 7.61. The van der Waals surface area contributed by atoms with Crippen molar-refractivity contribution >= 4 is 41.2 Å². The summed E-state index contributed by atoms with van der Waals surface area (Å²) in [4.78, 5) is 40.7. The standard InChI is InChI=1S/C26H31NO6S2/c1-4-6-11-33-23(29)18-15-27-26(25(30)32-5-2)19(16-7-9-17(31-3)10-8-16)14-20(28)21(22(18)26)24-34-12-13-35-24/h7-10,15,19,22,27H,4-6,11-14H2,1-3H3/t19-,22-,26+/m1/s1. The molecular formula is C26H31NO6S2. The van der Waals surface area contributed by atoms with E-state index < -0.39 is 29.3 Å². The van der Waals surface area contributed by atoms with Gasteiger partial charge in [0, 0.05) is 39.9 Å². The van der Waals surface area contributed by atoms with Gasteiger partial charge in [-0.15, -0.1) is 23.5 Å². The van der Waals surface area contributed by atoms with E-state index in [4.69, 9.17) is 14.2 Å². The number of hydrogen-bond acceptors (Lipinski definition) is 9. The summed E-state index contributed by atoms with van der Waals surface area (Å²) in [5.41, 5.74) is 0.300. The van der Waals surface area contributed by atoms with E-state index in [0.717, 1.165) is 34.1 Å². The van der Waals surface area contributed by atoms with Crippen LogP contribution in [0.5, 0.6) is 5.75 Å². The summed E-state index contributed by atoms with van der Waals surface area (Å²) in [5, 5.41) is 3.26. The summed E-state index contributed by atoms with van der Waals surface area (Å²) in [6, 6.07) is 7.36. The van der Waals surface area contributed by atoms with Crippen LogP contribution in [-0.2, 0) is 23.9 Å². The molecule has 1 saturated heterocycles. The molecule has 1 aromatic rings. The minimum Gasteiger partial charge on any atom is -0.497 e. The Morgan fingerprint density at radius 1 is 1.11 bits per heavy atom. The molecule has 0 unspecified atom stereocenters. The van der Waals surface area contributed by atoms with Gasteiger partial charge in [-0.05, 0) is 31.0 Å². The van der Waals surface area contributed by atoms with Crippen molar-refractivity contribution in [2.45, 2.75) is 44.6 Å². The highest BCUT2D eigenvalue weighted by atomic mass is 32.2. The number of benzene rings is 1. The van der Waals surface area contributed by atoms with Crippen LogP contribution in [0.25, 0.3) is 0 Å². The van der Waals surface area contributed by atoms with E-state index in [-0.39, 0.29) is 25.4 Å². The Hall–Kier alpha value is -2.39. The van der Waals surface area contributed by atoms with Crippen molar-refractivity contribution in [3.8, 4) is 5.75 Å². The van der Waals surface area contributed by atoms with Crippen LogP contribution in [0.2, 0.25) is 0 Å². The molecule has 9 heteroatoms. The summed E-state index contributed by atoms with van der Waals surface area (Å²) in [6.07, 6.45) is 3.32. The quantitative estimate of drug-likeness (QED) is 0.310. The minimum atomic E-state index is -1.33. The smallest absolute Gasteiger partial charge is 0.336 e. The first-order valence-corrected chi connectivity index (χ1v) is 13.9. The number of rotatable bonds is 8. The number of carbonyl (C=O) groups excluding carboxylic acids is 3. The second-order valence-electron chi connectivity index (χ2n) is 8.61. The van der Waals surface area contributed by atoms with Crippen LogP contribution in [0.1, 0.15) is 44.6 Å². The van der Waals surface area contributed by atoms with Gasteiger partial charge in [0.1, 0.15) is 5.75 Å². The molecule has 7 nitrogen and oxygen atoms in total. The highest BCUT2D eigenvalue weighted by molar-refractivity contribution is 8.25. The van der Waals surface area contributed by atoms with Gasteiger partial charge in [0.15, 0.2) is 11.3 Å². The summed E-state index contributed by atoms with van der Waals surface area (Å²) in [5.74, 6) is 0.0742. The number of ether oxygens (including phenoxy) is 3. The van der Waals surface area contributed by atoms with Crippen molar-refractivity contribution in [1.82, 2.24) is 5.32 Å². The van der Waals surface area contributed by atoms with E-state index in [1.165, 1.54) is 0 Å². The number of hydrogen-bond donors (Lipinski definition) is 1. The summed E-state index contributed by atoms with van der Waals surface area (Å²) in [6.45, 7) is 4.25. The van der Waals surface area contributed by atoms with E-state index in [1.54, 1.807) is 43.8 Å². The van der Waals surface area contributed by atoms with Crippen molar-refractivity contribution in [2.75, 3.05) is 31.8 Å². The predicted octanol–water partition coefficient (Wildman–Crippen LogP) is 4.19. The second kappa shape index (κ2) is 11.1. The lowest BCUT2D eigenvalue weighted by molar-refractivity contribution is -0.154.